The first-order valence-corrected chi connectivity index (χ1v) is 10.7. The number of rotatable bonds is 7. The molecule has 1 heterocycles. The average molecular weight is 461 g/mol. The van der Waals surface area contributed by atoms with E-state index in [9.17, 15) is 18.0 Å². The molecule has 1 amide bonds. The summed E-state index contributed by atoms with van der Waals surface area (Å²) < 4.78 is 40.9. The lowest BCUT2D eigenvalue weighted by atomic mass is 9.88. The van der Waals surface area contributed by atoms with E-state index in [-0.39, 0.29) is 17.6 Å². The van der Waals surface area contributed by atoms with E-state index in [2.05, 4.69) is 20.5 Å². The molecular formula is C23H27F3N6O. The summed E-state index contributed by atoms with van der Waals surface area (Å²) in [6.45, 7) is 0.428. The van der Waals surface area contributed by atoms with Crippen LogP contribution in [0.1, 0.15) is 37.7 Å². The van der Waals surface area contributed by atoms with Crippen LogP contribution in [0.4, 0.5) is 24.7 Å². The molecule has 0 unspecified atom stereocenters. The monoisotopic (exact) mass is 460 g/mol. The zero-order valence-corrected chi connectivity index (χ0v) is 18.3. The van der Waals surface area contributed by atoms with Gasteiger partial charge in [-0.2, -0.15) is 18.3 Å². The van der Waals surface area contributed by atoms with Crippen LogP contribution < -0.4 is 11.1 Å². The summed E-state index contributed by atoms with van der Waals surface area (Å²) in [5.41, 5.74) is 5.13. The maximum absolute atomic E-state index is 13.6. The number of halogens is 3. The highest BCUT2D eigenvalue weighted by Gasteiger charge is 2.38. The van der Waals surface area contributed by atoms with Gasteiger partial charge < -0.3 is 16.0 Å². The number of hydrogen-bond donors (Lipinski definition) is 2. The molecule has 0 spiro atoms. The molecule has 1 aromatic heterocycles. The van der Waals surface area contributed by atoms with Crippen LogP contribution in [-0.4, -0.2) is 39.9 Å². The standard InChI is InChI=1S/C23H27F3N6O/c1-32(22(33)17-6-3-2-4-7-17)15-16-9-11-18(12-10-16)29-19(14-27)21(23(24,25)26)30-20-8-5-13-28-31-20/h5,8-14,17,29H,2-4,6-7,15,27H2,1H3/b19-14+,30-21?. The van der Waals surface area contributed by atoms with Gasteiger partial charge in [-0.05, 0) is 42.7 Å². The summed E-state index contributed by atoms with van der Waals surface area (Å²) in [6, 6.07) is 9.53. The van der Waals surface area contributed by atoms with E-state index in [1.807, 2.05) is 0 Å². The van der Waals surface area contributed by atoms with E-state index in [1.165, 1.54) is 24.8 Å². The summed E-state index contributed by atoms with van der Waals surface area (Å²) >= 11 is 0. The first-order valence-electron chi connectivity index (χ1n) is 10.7. The molecule has 10 heteroatoms. The molecule has 0 atom stereocenters. The van der Waals surface area contributed by atoms with E-state index in [4.69, 9.17) is 5.73 Å². The lowest BCUT2D eigenvalue weighted by Crippen LogP contribution is -2.33. The Bertz CT molecular complexity index is 984. The number of aliphatic imine (C=N–C) groups is 1. The molecule has 1 aromatic carbocycles. The number of hydrogen-bond acceptors (Lipinski definition) is 6. The van der Waals surface area contributed by atoms with Gasteiger partial charge in [0.1, 0.15) is 0 Å². The fourth-order valence-corrected chi connectivity index (χ4v) is 3.79. The van der Waals surface area contributed by atoms with E-state index in [1.54, 1.807) is 36.2 Å². The summed E-state index contributed by atoms with van der Waals surface area (Å²) in [7, 11) is 1.77. The fraction of sp³-hybridized carbons (Fsp3) is 0.391. The van der Waals surface area contributed by atoms with Gasteiger partial charge in [-0.3, -0.25) is 4.79 Å². The summed E-state index contributed by atoms with van der Waals surface area (Å²) in [5.74, 6) is 0.0311. The van der Waals surface area contributed by atoms with E-state index < -0.39 is 17.6 Å². The molecule has 1 aliphatic carbocycles. The van der Waals surface area contributed by atoms with Crippen LogP contribution >= 0.6 is 0 Å². The molecule has 176 valence electrons. The molecule has 33 heavy (non-hydrogen) atoms. The predicted octanol–water partition coefficient (Wildman–Crippen LogP) is 4.56. The Labute approximate surface area is 190 Å². The Morgan fingerprint density at radius 3 is 2.48 bits per heavy atom. The van der Waals surface area contributed by atoms with Crippen LogP contribution in [0.2, 0.25) is 0 Å². The van der Waals surface area contributed by atoms with Crippen molar-refractivity contribution in [2.75, 3.05) is 12.4 Å². The molecule has 1 saturated carbocycles. The first-order chi connectivity index (χ1) is 15.8. The Morgan fingerprint density at radius 1 is 1.21 bits per heavy atom. The molecule has 3 N–H and O–H groups in total. The maximum Gasteiger partial charge on any atom is 0.435 e. The van der Waals surface area contributed by atoms with Gasteiger partial charge in [-0.15, -0.1) is 5.10 Å². The molecule has 0 saturated heterocycles. The van der Waals surface area contributed by atoms with Crippen molar-refractivity contribution < 1.29 is 18.0 Å². The molecule has 0 bridgehead atoms. The van der Waals surface area contributed by atoms with E-state index >= 15 is 0 Å². The quantitative estimate of drug-likeness (QED) is 0.591. The van der Waals surface area contributed by atoms with Crippen molar-refractivity contribution in [2.24, 2.45) is 16.6 Å². The van der Waals surface area contributed by atoms with Gasteiger partial charge in [0.2, 0.25) is 5.91 Å². The number of aromatic nitrogens is 2. The van der Waals surface area contributed by atoms with Gasteiger partial charge >= 0.3 is 6.18 Å². The van der Waals surface area contributed by atoms with Gasteiger partial charge in [0, 0.05) is 37.6 Å². The molecule has 0 radical (unpaired) electrons. The maximum atomic E-state index is 13.6. The number of benzene rings is 1. The first kappa shape index (κ1) is 24.2. The summed E-state index contributed by atoms with van der Waals surface area (Å²) in [6.07, 6.45) is 2.59. The number of carbonyl (C=O) groups excluding carboxylic acids is 1. The van der Waals surface area contributed by atoms with Crippen molar-refractivity contribution in [3.63, 3.8) is 0 Å². The van der Waals surface area contributed by atoms with Crippen LogP contribution in [-0.2, 0) is 11.3 Å². The zero-order chi connectivity index (χ0) is 23.8. The van der Waals surface area contributed by atoms with Crippen molar-refractivity contribution in [2.45, 2.75) is 44.8 Å². The molecule has 1 fully saturated rings. The molecule has 7 nitrogen and oxygen atoms in total. The Hall–Kier alpha value is -3.43. The van der Waals surface area contributed by atoms with Gasteiger partial charge in [-0.1, -0.05) is 31.4 Å². The fourth-order valence-electron chi connectivity index (χ4n) is 3.79. The number of amides is 1. The van der Waals surface area contributed by atoms with Gasteiger partial charge in [0.25, 0.3) is 0 Å². The van der Waals surface area contributed by atoms with Crippen LogP contribution in [0.15, 0.2) is 59.5 Å². The third-order valence-electron chi connectivity index (χ3n) is 5.46. The average Bonchev–Trinajstić information content (AvgIpc) is 2.82. The lowest BCUT2D eigenvalue weighted by Gasteiger charge is -2.26. The number of carbonyl (C=O) groups is 1. The summed E-state index contributed by atoms with van der Waals surface area (Å²) in [5, 5.41) is 9.79. The van der Waals surface area contributed by atoms with Crippen molar-refractivity contribution in [1.82, 2.24) is 15.1 Å². The molecule has 3 rings (SSSR count). The highest BCUT2D eigenvalue weighted by Crippen LogP contribution is 2.27. The second-order valence-corrected chi connectivity index (χ2v) is 7.97. The molecule has 1 aliphatic rings. The minimum atomic E-state index is -4.77. The van der Waals surface area contributed by atoms with Crippen LogP contribution in [0.5, 0.6) is 0 Å². The minimum absolute atomic E-state index is 0.0799. The number of nitrogens with two attached hydrogens (primary N) is 1. The SMILES string of the molecule is CN(Cc1ccc(N/C(=C/N)C(=Nc2cccnn2)C(F)(F)F)cc1)C(=O)C1CCCCC1. The minimum Gasteiger partial charge on any atom is -0.403 e. The van der Waals surface area contributed by atoms with Crippen molar-refractivity contribution >= 4 is 23.1 Å². The van der Waals surface area contributed by atoms with Crippen molar-refractivity contribution in [3.05, 3.63) is 60.1 Å². The highest BCUT2D eigenvalue weighted by atomic mass is 19.4. The number of nitrogens with one attached hydrogen (secondary N) is 1. The predicted molar refractivity (Wildman–Crippen MR) is 121 cm³/mol. The Morgan fingerprint density at radius 2 is 1.91 bits per heavy atom. The molecular weight excluding hydrogens is 433 g/mol. The number of allylic oxidation sites excluding steroid dienone is 1. The third-order valence-corrected chi connectivity index (χ3v) is 5.46. The topological polar surface area (TPSA) is 96.5 Å². The number of alkyl halides is 3. The van der Waals surface area contributed by atoms with Gasteiger partial charge in [0.15, 0.2) is 11.5 Å². The van der Waals surface area contributed by atoms with E-state index in [0.29, 0.717) is 12.2 Å². The molecule has 0 aliphatic heterocycles. The van der Waals surface area contributed by atoms with Crippen LogP contribution in [0.25, 0.3) is 0 Å². The number of anilines is 1. The molecule has 2 aromatic rings. The highest BCUT2D eigenvalue weighted by molar-refractivity contribution is 6.07. The number of nitrogens with zero attached hydrogens (tertiary/aromatic N) is 4. The normalized spacial score (nSPS) is 15.9. The van der Waals surface area contributed by atoms with Crippen LogP contribution in [0, 0.1) is 5.92 Å². The van der Waals surface area contributed by atoms with Crippen LogP contribution in [0.3, 0.4) is 0 Å². The lowest BCUT2D eigenvalue weighted by molar-refractivity contribution is -0.135. The summed E-state index contributed by atoms with van der Waals surface area (Å²) in [4.78, 5) is 17.9. The van der Waals surface area contributed by atoms with E-state index in [0.717, 1.165) is 37.4 Å². The van der Waals surface area contributed by atoms with Crippen molar-refractivity contribution in [1.29, 1.82) is 0 Å². The smallest absolute Gasteiger partial charge is 0.403 e. The largest absolute Gasteiger partial charge is 0.435 e. The second kappa shape index (κ2) is 10.9. The van der Waals surface area contributed by atoms with Gasteiger partial charge in [-0.25, -0.2) is 4.99 Å². The second-order valence-electron chi connectivity index (χ2n) is 7.97. The third kappa shape index (κ3) is 6.77. The van der Waals surface area contributed by atoms with Gasteiger partial charge in [0.05, 0.1) is 5.70 Å². The van der Waals surface area contributed by atoms with Crippen molar-refractivity contribution in [3.8, 4) is 0 Å². The zero-order valence-electron chi connectivity index (χ0n) is 18.3. The Kier molecular flexibility index (Phi) is 8.02. The Balaban J connectivity index is 1.69.